The third-order valence-corrected chi connectivity index (χ3v) is 5.76. The highest BCUT2D eigenvalue weighted by Crippen LogP contribution is 2.27. The first-order valence-electron chi connectivity index (χ1n) is 12.9. The summed E-state index contributed by atoms with van der Waals surface area (Å²) in [5, 5.41) is 9.26. The van der Waals surface area contributed by atoms with Crippen molar-refractivity contribution < 1.29 is 38.1 Å². The van der Waals surface area contributed by atoms with E-state index in [1.54, 1.807) is 80.8 Å². The Labute approximate surface area is 243 Å². The molecule has 0 saturated heterocycles. The van der Waals surface area contributed by atoms with Gasteiger partial charge in [-0.25, -0.2) is 10.2 Å². The Bertz CT molecular complexity index is 1420. The Morgan fingerprint density at radius 2 is 1.50 bits per heavy atom. The van der Waals surface area contributed by atoms with Crippen LogP contribution in [0.1, 0.15) is 29.8 Å². The van der Waals surface area contributed by atoms with Crippen LogP contribution in [0.15, 0.2) is 71.8 Å². The highest BCUT2D eigenvalue weighted by Gasteiger charge is 2.21. The molecule has 42 heavy (non-hydrogen) atoms. The molecular formula is C30H32N4O8. The van der Waals surface area contributed by atoms with Crippen molar-refractivity contribution in [3.8, 4) is 17.2 Å². The van der Waals surface area contributed by atoms with E-state index in [9.17, 15) is 19.2 Å². The van der Waals surface area contributed by atoms with Crippen molar-refractivity contribution in [3.05, 3.63) is 77.9 Å². The number of carbonyl (C=O) groups is 4. The van der Waals surface area contributed by atoms with E-state index in [-0.39, 0.29) is 13.2 Å². The summed E-state index contributed by atoms with van der Waals surface area (Å²) in [7, 11) is 2.98. The van der Waals surface area contributed by atoms with Crippen LogP contribution in [0.4, 0.5) is 11.4 Å². The van der Waals surface area contributed by atoms with Crippen molar-refractivity contribution in [1.29, 1.82) is 0 Å². The molecule has 0 fully saturated rings. The van der Waals surface area contributed by atoms with Gasteiger partial charge < -0.3 is 29.6 Å². The largest absolute Gasteiger partial charge is 0.497 e. The van der Waals surface area contributed by atoms with Crippen LogP contribution in [-0.4, -0.2) is 57.3 Å². The molecule has 12 nitrogen and oxygen atoms in total. The number of rotatable bonds is 13. The second-order valence-corrected chi connectivity index (χ2v) is 8.72. The lowest BCUT2D eigenvalue weighted by atomic mass is 10.1. The van der Waals surface area contributed by atoms with Gasteiger partial charge in [0.2, 0.25) is 5.91 Å². The minimum absolute atomic E-state index is 0.272. The van der Waals surface area contributed by atoms with Crippen LogP contribution >= 0.6 is 0 Å². The molecular weight excluding hydrogens is 544 g/mol. The zero-order valence-electron chi connectivity index (χ0n) is 23.6. The number of nitrogens with zero attached hydrogens (tertiary/aromatic N) is 1. The van der Waals surface area contributed by atoms with Crippen molar-refractivity contribution in [3.63, 3.8) is 0 Å². The lowest BCUT2D eigenvalue weighted by Crippen LogP contribution is -2.34. The van der Waals surface area contributed by atoms with Crippen LogP contribution in [0.5, 0.6) is 17.2 Å². The number of hydrogen-bond acceptors (Lipinski definition) is 9. The molecule has 3 amide bonds. The average Bonchev–Trinajstić information content (AvgIpc) is 3.00. The average molecular weight is 577 g/mol. The Morgan fingerprint density at radius 1 is 0.833 bits per heavy atom. The Hall–Kier alpha value is -5.39. The summed E-state index contributed by atoms with van der Waals surface area (Å²) >= 11 is 0. The molecule has 3 aromatic rings. The monoisotopic (exact) mass is 576 g/mol. The maximum absolute atomic E-state index is 12.4. The molecule has 1 atom stereocenters. The van der Waals surface area contributed by atoms with E-state index in [0.717, 1.165) is 0 Å². The summed E-state index contributed by atoms with van der Waals surface area (Å²) in [5.41, 5.74) is 4.31. The number of benzene rings is 3. The number of carbonyl (C=O) groups excluding carboxylic acids is 4. The second kappa shape index (κ2) is 15.4. The van der Waals surface area contributed by atoms with Crippen molar-refractivity contribution in [2.45, 2.75) is 13.8 Å². The van der Waals surface area contributed by atoms with Gasteiger partial charge in [-0.3, -0.25) is 14.4 Å². The number of ether oxygens (including phenoxy) is 4. The number of esters is 1. The molecule has 3 aromatic carbocycles. The van der Waals surface area contributed by atoms with E-state index in [4.69, 9.17) is 18.9 Å². The topological polar surface area (TPSA) is 154 Å². The highest BCUT2D eigenvalue weighted by atomic mass is 16.5. The molecule has 3 rings (SSSR count). The number of amides is 3. The minimum Gasteiger partial charge on any atom is -0.497 e. The molecule has 0 aromatic heterocycles. The van der Waals surface area contributed by atoms with Gasteiger partial charge in [-0.15, -0.1) is 0 Å². The number of nitrogens with one attached hydrogen (secondary N) is 3. The second-order valence-electron chi connectivity index (χ2n) is 8.72. The molecule has 0 heterocycles. The summed E-state index contributed by atoms with van der Waals surface area (Å²) in [6.45, 7) is 3.16. The third kappa shape index (κ3) is 9.08. The van der Waals surface area contributed by atoms with E-state index in [2.05, 4.69) is 21.2 Å². The smallest absolute Gasteiger partial charge is 0.338 e. The zero-order chi connectivity index (χ0) is 30.5. The summed E-state index contributed by atoms with van der Waals surface area (Å²) in [6, 6.07) is 17.9. The molecule has 0 aliphatic rings. The predicted octanol–water partition coefficient (Wildman–Crippen LogP) is 3.62. The Morgan fingerprint density at radius 3 is 2.14 bits per heavy atom. The van der Waals surface area contributed by atoms with Gasteiger partial charge in [-0.2, -0.15) is 5.10 Å². The number of methoxy groups -OCH3 is 2. The summed E-state index contributed by atoms with van der Waals surface area (Å²) in [6.07, 6.45) is 1.38. The molecule has 0 aliphatic carbocycles. The summed E-state index contributed by atoms with van der Waals surface area (Å²) < 4.78 is 21.0. The fraction of sp³-hybridized carbons (Fsp3) is 0.233. The first kappa shape index (κ1) is 31.1. The maximum Gasteiger partial charge on any atom is 0.338 e. The van der Waals surface area contributed by atoms with Gasteiger partial charge in [0.25, 0.3) is 11.8 Å². The SMILES string of the molecule is CCOC(=O)c1ccc(NC(=O)COc2ccc(C=NNC(=O)C(C)C(=O)Nc3ccc(OC)cc3)cc2OC)cc1. The van der Waals surface area contributed by atoms with Gasteiger partial charge in [0, 0.05) is 11.4 Å². The van der Waals surface area contributed by atoms with Gasteiger partial charge in [0.05, 0.1) is 32.6 Å². The van der Waals surface area contributed by atoms with E-state index < -0.39 is 29.6 Å². The first-order valence-corrected chi connectivity index (χ1v) is 12.9. The van der Waals surface area contributed by atoms with Gasteiger partial charge >= 0.3 is 5.97 Å². The highest BCUT2D eigenvalue weighted by molar-refractivity contribution is 6.06. The van der Waals surface area contributed by atoms with E-state index in [1.807, 2.05) is 0 Å². The number of anilines is 2. The minimum atomic E-state index is -1.00. The van der Waals surface area contributed by atoms with E-state index in [0.29, 0.717) is 39.8 Å². The van der Waals surface area contributed by atoms with Gasteiger partial charge in [-0.05, 0) is 86.1 Å². The quantitative estimate of drug-likeness (QED) is 0.121. The van der Waals surface area contributed by atoms with Crippen molar-refractivity contribution in [2.24, 2.45) is 11.0 Å². The number of hydrogen-bond donors (Lipinski definition) is 3. The fourth-order valence-electron chi connectivity index (χ4n) is 3.44. The lowest BCUT2D eigenvalue weighted by Gasteiger charge is -2.12. The first-order chi connectivity index (χ1) is 20.2. The zero-order valence-corrected chi connectivity index (χ0v) is 23.6. The molecule has 1 unspecified atom stereocenters. The van der Waals surface area contributed by atoms with Crippen LogP contribution in [0.25, 0.3) is 0 Å². The lowest BCUT2D eigenvalue weighted by molar-refractivity contribution is -0.131. The molecule has 12 heteroatoms. The maximum atomic E-state index is 12.4. The standard InChI is InChI=1S/C30H32N4O8/c1-5-41-30(38)21-7-9-22(10-8-21)32-27(35)18-42-25-15-6-20(16-26(25)40-4)17-31-34-29(37)19(2)28(36)33-23-11-13-24(39-3)14-12-23/h6-17,19H,5,18H2,1-4H3,(H,32,35)(H,33,36)(H,34,37). The summed E-state index contributed by atoms with van der Waals surface area (Å²) in [4.78, 5) is 48.9. The molecule has 0 bridgehead atoms. The van der Waals surface area contributed by atoms with Crippen molar-refractivity contribution >= 4 is 41.3 Å². The molecule has 0 saturated carbocycles. The van der Waals surface area contributed by atoms with E-state index >= 15 is 0 Å². The molecule has 0 radical (unpaired) electrons. The summed E-state index contributed by atoms with van der Waals surface area (Å²) in [5.74, 6) is -1.65. The van der Waals surface area contributed by atoms with Crippen molar-refractivity contribution in [1.82, 2.24) is 5.43 Å². The third-order valence-electron chi connectivity index (χ3n) is 5.76. The predicted molar refractivity (Wildman–Crippen MR) is 156 cm³/mol. The van der Waals surface area contributed by atoms with Crippen molar-refractivity contribution in [2.75, 3.05) is 38.1 Å². The van der Waals surface area contributed by atoms with Gasteiger partial charge in [0.15, 0.2) is 18.1 Å². The molecule has 0 spiro atoms. The molecule has 3 N–H and O–H groups in total. The number of hydrazone groups is 1. The Kier molecular flexibility index (Phi) is 11.4. The van der Waals surface area contributed by atoms with Crippen LogP contribution in [-0.2, 0) is 19.1 Å². The molecule has 0 aliphatic heterocycles. The van der Waals surface area contributed by atoms with Crippen LogP contribution in [0.3, 0.4) is 0 Å². The fourth-order valence-corrected chi connectivity index (χ4v) is 3.44. The van der Waals surface area contributed by atoms with E-state index in [1.165, 1.54) is 20.2 Å². The van der Waals surface area contributed by atoms with Crippen LogP contribution < -0.4 is 30.3 Å². The molecule has 220 valence electrons. The van der Waals surface area contributed by atoms with Gasteiger partial charge in [-0.1, -0.05) is 0 Å². The van der Waals surface area contributed by atoms with Crippen LogP contribution in [0, 0.1) is 5.92 Å². The Balaban J connectivity index is 1.49. The normalized spacial score (nSPS) is 11.2. The van der Waals surface area contributed by atoms with Crippen LogP contribution in [0.2, 0.25) is 0 Å². The van der Waals surface area contributed by atoms with Gasteiger partial charge in [0.1, 0.15) is 11.7 Å².